The van der Waals surface area contributed by atoms with Crippen molar-refractivity contribution in [1.82, 2.24) is 9.88 Å². The highest BCUT2D eigenvalue weighted by Gasteiger charge is 2.22. The number of halogens is 2. The average Bonchev–Trinajstić information content (AvgIpc) is 2.62. The Kier molecular flexibility index (Phi) is 5.30. The molecule has 1 saturated heterocycles. The predicted molar refractivity (Wildman–Crippen MR) is 90.7 cm³/mol. The molecule has 4 nitrogen and oxygen atoms in total. The Labute approximate surface area is 143 Å². The molecular formula is C17H17F2N3OS. The first-order valence-corrected chi connectivity index (χ1v) is 8.50. The number of hydrogen-bond donors (Lipinski definition) is 0. The fourth-order valence-electron chi connectivity index (χ4n) is 2.68. The van der Waals surface area contributed by atoms with Crippen LogP contribution in [0.4, 0.5) is 14.5 Å². The van der Waals surface area contributed by atoms with Gasteiger partial charge < -0.3 is 9.80 Å². The van der Waals surface area contributed by atoms with Gasteiger partial charge in [-0.05, 0) is 36.4 Å². The minimum atomic E-state index is -2.45. The highest BCUT2D eigenvalue weighted by Crippen LogP contribution is 2.25. The summed E-state index contributed by atoms with van der Waals surface area (Å²) >= 11 is 0.482. The molecule has 1 amide bonds. The monoisotopic (exact) mass is 349 g/mol. The maximum Gasteiger partial charge on any atom is 0.288 e. The van der Waals surface area contributed by atoms with Crippen LogP contribution in [-0.2, 0) is 0 Å². The minimum absolute atomic E-state index is 0.0574. The van der Waals surface area contributed by atoms with Crippen molar-refractivity contribution in [2.24, 2.45) is 0 Å². The lowest BCUT2D eigenvalue weighted by molar-refractivity contribution is 0.0746. The normalized spacial score (nSPS) is 15.0. The fraction of sp³-hybridized carbons (Fsp3) is 0.294. The molecule has 1 aliphatic heterocycles. The van der Waals surface area contributed by atoms with E-state index in [-0.39, 0.29) is 5.91 Å². The maximum absolute atomic E-state index is 12.5. The summed E-state index contributed by atoms with van der Waals surface area (Å²) in [6.45, 7) is 2.79. The Balaban J connectivity index is 1.59. The number of nitrogens with zero attached hydrogens (tertiary/aromatic N) is 3. The van der Waals surface area contributed by atoms with Crippen molar-refractivity contribution in [1.29, 1.82) is 0 Å². The van der Waals surface area contributed by atoms with Gasteiger partial charge in [-0.3, -0.25) is 9.78 Å². The van der Waals surface area contributed by atoms with Gasteiger partial charge >= 0.3 is 0 Å². The smallest absolute Gasteiger partial charge is 0.288 e. The summed E-state index contributed by atoms with van der Waals surface area (Å²) in [7, 11) is 0. The quantitative estimate of drug-likeness (QED) is 0.793. The van der Waals surface area contributed by atoms with Crippen LogP contribution in [0.2, 0.25) is 0 Å². The second kappa shape index (κ2) is 7.61. The number of benzene rings is 1. The zero-order valence-electron chi connectivity index (χ0n) is 12.9. The summed E-state index contributed by atoms with van der Waals surface area (Å²) < 4.78 is 24.7. The van der Waals surface area contributed by atoms with Crippen LogP contribution in [-0.4, -0.2) is 47.7 Å². The van der Waals surface area contributed by atoms with Gasteiger partial charge in [-0.25, -0.2) is 0 Å². The van der Waals surface area contributed by atoms with E-state index in [2.05, 4.69) is 9.88 Å². The lowest BCUT2D eigenvalue weighted by atomic mass is 10.2. The molecule has 0 bridgehead atoms. The van der Waals surface area contributed by atoms with Gasteiger partial charge in [0.05, 0.1) is 0 Å². The predicted octanol–water partition coefficient (Wildman–Crippen LogP) is 3.36. The molecule has 0 saturated carbocycles. The van der Waals surface area contributed by atoms with Gasteiger partial charge in [-0.1, -0.05) is 11.8 Å². The topological polar surface area (TPSA) is 36.4 Å². The number of anilines is 1. The molecule has 3 rings (SSSR count). The third-order valence-electron chi connectivity index (χ3n) is 3.92. The van der Waals surface area contributed by atoms with Crippen LogP contribution < -0.4 is 4.90 Å². The van der Waals surface area contributed by atoms with Crippen molar-refractivity contribution in [2.45, 2.75) is 10.7 Å². The van der Waals surface area contributed by atoms with Crippen LogP contribution in [0.1, 0.15) is 10.4 Å². The summed E-state index contributed by atoms with van der Waals surface area (Å²) in [5, 5.41) is 0. The molecule has 2 heterocycles. The van der Waals surface area contributed by atoms with Gasteiger partial charge in [0.25, 0.3) is 11.7 Å². The van der Waals surface area contributed by atoms with Crippen molar-refractivity contribution in [3.05, 3.63) is 54.4 Å². The summed E-state index contributed by atoms with van der Waals surface area (Å²) in [6.07, 6.45) is 3.51. The van der Waals surface area contributed by atoms with Crippen molar-refractivity contribution < 1.29 is 13.6 Å². The number of carbonyl (C=O) groups is 1. The molecule has 126 valence electrons. The second-order valence-corrected chi connectivity index (χ2v) is 6.45. The van der Waals surface area contributed by atoms with E-state index in [0.717, 1.165) is 18.8 Å². The van der Waals surface area contributed by atoms with Gasteiger partial charge in [0.2, 0.25) is 0 Å². The molecule has 2 aromatic rings. The number of carbonyl (C=O) groups excluding carboxylic acids is 1. The molecule has 1 fully saturated rings. The van der Waals surface area contributed by atoms with Gasteiger partial charge in [0, 0.05) is 54.7 Å². The summed E-state index contributed by atoms with van der Waals surface area (Å²) in [6, 6.07) is 10.3. The standard InChI is InChI=1S/C17H17F2N3OS/c18-17(19)24-15-3-1-13(2-4-15)16(23)22-11-9-21(10-12-22)14-5-7-20-8-6-14/h1-8,17H,9-12H2. The molecule has 0 spiro atoms. The lowest BCUT2D eigenvalue weighted by Gasteiger charge is -2.36. The Morgan fingerprint density at radius 3 is 2.21 bits per heavy atom. The number of alkyl halides is 2. The van der Waals surface area contributed by atoms with Crippen molar-refractivity contribution in [2.75, 3.05) is 31.1 Å². The molecule has 1 aliphatic rings. The molecule has 0 atom stereocenters. The Morgan fingerprint density at radius 2 is 1.62 bits per heavy atom. The first kappa shape index (κ1) is 16.7. The van der Waals surface area contributed by atoms with Crippen LogP contribution in [0.5, 0.6) is 0 Å². The first-order valence-electron chi connectivity index (χ1n) is 7.62. The van der Waals surface area contributed by atoms with Crippen LogP contribution in [0.15, 0.2) is 53.7 Å². The zero-order valence-corrected chi connectivity index (χ0v) is 13.8. The molecule has 0 radical (unpaired) electrons. The molecule has 0 aliphatic carbocycles. The molecule has 0 N–H and O–H groups in total. The van der Waals surface area contributed by atoms with E-state index in [4.69, 9.17) is 0 Å². The average molecular weight is 349 g/mol. The van der Waals surface area contributed by atoms with E-state index in [1.807, 2.05) is 12.1 Å². The number of aromatic nitrogens is 1. The van der Waals surface area contributed by atoms with Gasteiger partial charge in [-0.2, -0.15) is 8.78 Å². The molecule has 1 aromatic carbocycles. The molecule has 7 heteroatoms. The van der Waals surface area contributed by atoms with Gasteiger partial charge in [0.1, 0.15) is 0 Å². The number of thioether (sulfide) groups is 1. The van der Waals surface area contributed by atoms with Crippen molar-refractivity contribution >= 4 is 23.4 Å². The van der Waals surface area contributed by atoms with Gasteiger partial charge in [0.15, 0.2) is 0 Å². The van der Waals surface area contributed by atoms with Gasteiger partial charge in [-0.15, -0.1) is 0 Å². The first-order chi connectivity index (χ1) is 11.6. The Bertz CT molecular complexity index is 674. The lowest BCUT2D eigenvalue weighted by Crippen LogP contribution is -2.48. The van der Waals surface area contributed by atoms with Crippen LogP contribution in [0, 0.1) is 0 Å². The Hall–Kier alpha value is -2.15. The Morgan fingerprint density at radius 1 is 1.00 bits per heavy atom. The number of rotatable bonds is 4. The molecule has 24 heavy (non-hydrogen) atoms. The van der Waals surface area contributed by atoms with Crippen LogP contribution in [0.3, 0.4) is 0 Å². The summed E-state index contributed by atoms with van der Waals surface area (Å²) in [4.78, 5) is 21.0. The summed E-state index contributed by atoms with van der Waals surface area (Å²) in [5.41, 5.74) is 1.64. The summed E-state index contributed by atoms with van der Waals surface area (Å²) in [5.74, 6) is -2.51. The van der Waals surface area contributed by atoms with Crippen LogP contribution >= 0.6 is 11.8 Å². The van der Waals surface area contributed by atoms with Crippen molar-refractivity contribution in [3.8, 4) is 0 Å². The van der Waals surface area contributed by atoms with E-state index in [9.17, 15) is 13.6 Å². The highest BCUT2D eigenvalue weighted by atomic mass is 32.2. The third-order valence-corrected chi connectivity index (χ3v) is 4.64. The third kappa shape index (κ3) is 4.03. The minimum Gasteiger partial charge on any atom is -0.368 e. The largest absolute Gasteiger partial charge is 0.368 e. The second-order valence-electron chi connectivity index (χ2n) is 5.39. The van der Waals surface area contributed by atoms with E-state index >= 15 is 0 Å². The van der Waals surface area contributed by atoms with E-state index in [0.29, 0.717) is 35.3 Å². The number of pyridine rings is 1. The number of amides is 1. The van der Waals surface area contributed by atoms with E-state index in [1.54, 1.807) is 41.6 Å². The number of hydrogen-bond acceptors (Lipinski definition) is 4. The zero-order chi connectivity index (χ0) is 16.9. The number of piperazine rings is 1. The van der Waals surface area contributed by atoms with E-state index in [1.165, 1.54) is 0 Å². The molecule has 1 aromatic heterocycles. The molecule has 0 unspecified atom stereocenters. The molecular weight excluding hydrogens is 332 g/mol. The van der Waals surface area contributed by atoms with E-state index < -0.39 is 5.76 Å². The fourth-order valence-corrected chi connectivity index (χ4v) is 3.18. The SMILES string of the molecule is O=C(c1ccc(SC(F)F)cc1)N1CCN(c2ccncc2)CC1. The van der Waals surface area contributed by atoms with Crippen LogP contribution in [0.25, 0.3) is 0 Å². The maximum atomic E-state index is 12.5. The highest BCUT2D eigenvalue weighted by molar-refractivity contribution is 7.99. The van der Waals surface area contributed by atoms with Crippen molar-refractivity contribution in [3.63, 3.8) is 0 Å².